The number of piperidine rings is 1. The molecule has 2 aliphatic rings. The monoisotopic (exact) mass is 336 g/mol. The molecule has 0 radical (unpaired) electrons. The van der Waals surface area contributed by atoms with Crippen LogP contribution < -0.4 is 4.72 Å². The van der Waals surface area contributed by atoms with E-state index in [1.54, 1.807) is 0 Å². The summed E-state index contributed by atoms with van der Waals surface area (Å²) in [5, 5.41) is 0. The summed E-state index contributed by atoms with van der Waals surface area (Å²) in [6.07, 6.45) is 4.59. The van der Waals surface area contributed by atoms with Gasteiger partial charge in [-0.3, -0.25) is 4.79 Å². The van der Waals surface area contributed by atoms with E-state index in [-0.39, 0.29) is 23.6 Å². The lowest BCUT2D eigenvalue weighted by Crippen LogP contribution is -2.48. The fraction of sp³-hybridized carbons (Fsp3) is 0.588. The molecule has 1 aliphatic carbocycles. The first-order valence-electron chi connectivity index (χ1n) is 8.36. The minimum absolute atomic E-state index is 0.00899. The fourth-order valence-electron chi connectivity index (χ4n) is 3.22. The van der Waals surface area contributed by atoms with Gasteiger partial charge >= 0.3 is 0 Å². The molecule has 1 amide bonds. The molecule has 1 saturated carbocycles. The van der Waals surface area contributed by atoms with Crippen LogP contribution in [-0.4, -0.2) is 38.4 Å². The average Bonchev–Trinajstić information content (AvgIpc) is 2.46. The van der Waals surface area contributed by atoms with Crippen molar-refractivity contribution in [3.63, 3.8) is 0 Å². The maximum atomic E-state index is 12.3. The lowest BCUT2D eigenvalue weighted by atomic mass is 9.84. The van der Waals surface area contributed by atoms with Crippen molar-refractivity contribution < 1.29 is 13.2 Å². The van der Waals surface area contributed by atoms with Gasteiger partial charge in [-0.1, -0.05) is 36.8 Å². The zero-order chi connectivity index (χ0) is 16.3. The van der Waals surface area contributed by atoms with Crippen molar-refractivity contribution in [1.82, 2.24) is 9.62 Å². The quantitative estimate of drug-likeness (QED) is 0.893. The summed E-state index contributed by atoms with van der Waals surface area (Å²) in [5.74, 6) is 0.498. The van der Waals surface area contributed by atoms with E-state index in [1.165, 1.54) is 0 Å². The lowest BCUT2D eigenvalue weighted by molar-refractivity contribution is -0.139. The van der Waals surface area contributed by atoms with Crippen molar-refractivity contribution in [2.45, 2.75) is 43.9 Å². The predicted octanol–water partition coefficient (Wildman–Crippen LogP) is 1.90. The lowest BCUT2D eigenvalue weighted by Gasteiger charge is -2.36. The van der Waals surface area contributed by atoms with Gasteiger partial charge in [-0.2, -0.15) is 0 Å². The summed E-state index contributed by atoms with van der Waals surface area (Å²) < 4.78 is 27.3. The second kappa shape index (κ2) is 7.01. The van der Waals surface area contributed by atoms with Crippen LogP contribution in [-0.2, 0) is 20.6 Å². The van der Waals surface area contributed by atoms with Crippen LogP contribution in [0.1, 0.15) is 37.7 Å². The van der Waals surface area contributed by atoms with Gasteiger partial charge in [0.2, 0.25) is 15.9 Å². The highest BCUT2D eigenvalue weighted by atomic mass is 32.2. The number of likely N-dealkylation sites (tertiary alicyclic amines) is 1. The Morgan fingerprint density at radius 2 is 1.74 bits per heavy atom. The Bertz CT molecular complexity index is 633. The molecule has 6 heteroatoms. The maximum Gasteiger partial charge on any atom is 0.225 e. The van der Waals surface area contributed by atoms with Gasteiger partial charge in [0.1, 0.15) is 0 Å². The maximum absolute atomic E-state index is 12.3. The number of hydrogen-bond donors (Lipinski definition) is 1. The van der Waals surface area contributed by atoms with Crippen molar-refractivity contribution in [2.24, 2.45) is 5.92 Å². The first kappa shape index (κ1) is 16.5. The van der Waals surface area contributed by atoms with Crippen molar-refractivity contribution in [3.8, 4) is 0 Å². The summed E-state index contributed by atoms with van der Waals surface area (Å²) in [5.41, 5.74) is 0.789. The molecule has 0 bridgehead atoms. The molecule has 0 unspecified atom stereocenters. The second-order valence-corrected chi connectivity index (χ2v) is 8.34. The Morgan fingerprint density at radius 3 is 2.30 bits per heavy atom. The number of carbonyl (C=O) groups is 1. The van der Waals surface area contributed by atoms with E-state index < -0.39 is 10.0 Å². The predicted molar refractivity (Wildman–Crippen MR) is 89.1 cm³/mol. The van der Waals surface area contributed by atoms with Gasteiger partial charge in [0.05, 0.1) is 5.75 Å². The van der Waals surface area contributed by atoms with Crippen LogP contribution in [0.4, 0.5) is 0 Å². The van der Waals surface area contributed by atoms with Gasteiger partial charge < -0.3 is 4.90 Å². The Balaban J connectivity index is 1.49. The second-order valence-electron chi connectivity index (χ2n) is 6.59. The molecule has 126 valence electrons. The van der Waals surface area contributed by atoms with Crippen LogP contribution in [0.15, 0.2) is 30.3 Å². The molecule has 1 aromatic carbocycles. The molecular formula is C17H24N2O3S. The normalized spacial score (nSPS) is 20.3. The minimum Gasteiger partial charge on any atom is -0.342 e. The number of hydrogen-bond acceptors (Lipinski definition) is 3. The molecule has 5 nitrogen and oxygen atoms in total. The van der Waals surface area contributed by atoms with E-state index in [0.717, 1.165) is 24.8 Å². The van der Waals surface area contributed by atoms with E-state index in [1.807, 2.05) is 35.2 Å². The number of nitrogens with zero attached hydrogens (tertiary/aromatic N) is 1. The van der Waals surface area contributed by atoms with Gasteiger partial charge in [0.25, 0.3) is 0 Å². The molecule has 2 fully saturated rings. The van der Waals surface area contributed by atoms with E-state index >= 15 is 0 Å². The smallest absolute Gasteiger partial charge is 0.225 e. The molecule has 1 aliphatic heterocycles. The number of rotatable bonds is 5. The van der Waals surface area contributed by atoms with E-state index in [0.29, 0.717) is 25.9 Å². The summed E-state index contributed by atoms with van der Waals surface area (Å²) in [6, 6.07) is 9.13. The highest BCUT2D eigenvalue weighted by molar-refractivity contribution is 7.88. The third-order valence-corrected chi connectivity index (χ3v) is 6.21. The van der Waals surface area contributed by atoms with Crippen LogP contribution in [0.5, 0.6) is 0 Å². The molecule has 0 aromatic heterocycles. The number of nitrogens with one attached hydrogen (secondary N) is 1. The third kappa shape index (κ3) is 4.32. The van der Waals surface area contributed by atoms with Crippen molar-refractivity contribution in [1.29, 1.82) is 0 Å². The van der Waals surface area contributed by atoms with E-state index in [2.05, 4.69) is 4.72 Å². The van der Waals surface area contributed by atoms with E-state index in [4.69, 9.17) is 0 Å². The van der Waals surface area contributed by atoms with Gasteiger partial charge in [-0.25, -0.2) is 13.1 Å². The average molecular weight is 336 g/mol. The number of benzene rings is 1. The summed E-state index contributed by atoms with van der Waals surface area (Å²) >= 11 is 0. The number of sulfonamides is 1. The Morgan fingerprint density at radius 1 is 1.09 bits per heavy atom. The molecule has 23 heavy (non-hydrogen) atoms. The molecule has 0 atom stereocenters. The highest BCUT2D eigenvalue weighted by Crippen LogP contribution is 2.29. The van der Waals surface area contributed by atoms with Crippen molar-refractivity contribution in [2.75, 3.05) is 13.1 Å². The van der Waals surface area contributed by atoms with Crippen LogP contribution in [0.2, 0.25) is 0 Å². The zero-order valence-electron chi connectivity index (χ0n) is 13.3. The zero-order valence-corrected chi connectivity index (χ0v) is 14.1. The van der Waals surface area contributed by atoms with Crippen LogP contribution in [0.25, 0.3) is 0 Å². The minimum atomic E-state index is -3.34. The third-order valence-electron chi connectivity index (χ3n) is 4.81. The van der Waals surface area contributed by atoms with Crippen LogP contribution in [0.3, 0.4) is 0 Å². The largest absolute Gasteiger partial charge is 0.342 e. The van der Waals surface area contributed by atoms with Crippen LogP contribution >= 0.6 is 0 Å². The number of carbonyl (C=O) groups excluding carboxylic acids is 1. The molecule has 3 rings (SSSR count). The number of amides is 1. The van der Waals surface area contributed by atoms with Crippen LogP contribution in [0, 0.1) is 5.92 Å². The Labute approximate surface area is 138 Å². The fourth-order valence-corrected chi connectivity index (χ4v) is 4.68. The van der Waals surface area contributed by atoms with Gasteiger partial charge in [-0.15, -0.1) is 0 Å². The first-order valence-corrected chi connectivity index (χ1v) is 10.0. The van der Waals surface area contributed by atoms with Gasteiger partial charge in [0.15, 0.2) is 0 Å². The van der Waals surface area contributed by atoms with Gasteiger partial charge in [-0.05, 0) is 31.2 Å². The SMILES string of the molecule is O=C(C1CCC1)N1CCC(NS(=O)(=O)Cc2ccccc2)CC1. The summed E-state index contributed by atoms with van der Waals surface area (Å²) in [4.78, 5) is 14.1. The standard InChI is InChI=1S/C17H24N2O3S/c20-17(15-7-4-8-15)19-11-9-16(10-12-19)18-23(21,22)13-14-5-2-1-3-6-14/h1-3,5-6,15-16,18H,4,7-13H2. The summed E-state index contributed by atoms with van der Waals surface area (Å²) in [6.45, 7) is 1.32. The van der Waals surface area contributed by atoms with Crippen molar-refractivity contribution >= 4 is 15.9 Å². The van der Waals surface area contributed by atoms with Crippen molar-refractivity contribution in [3.05, 3.63) is 35.9 Å². The van der Waals surface area contributed by atoms with Gasteiger partial charge in [0, 0.05) is 25.0 Å². The highest BCUT2D eigenvalue weighted by Gasteiger charge is 2.32. The summed E-state index contributed by atoms with van der Waals surface area (Å²) in [7, 11) is -3.34. The molecule has 0 spiro atoms. The molecule has 1 N–H and O–H groups in total. The Kier molecular flexibility index (Phi) is 5.02. The molecule has 1 saturated heterocycles. The van der Waals surface area contributed by atoms with E-state index in [9.17, 15) is 13.2 Å². The first-order chi connectivity index (χ1) is 11.0. The molecule has 1 aromatic rings. The topological polar surface area (TPSA) is 66.5 Å². The molecular weight excluding hydrogens is 312 g/mol. The molecule has 1 heterocycles. The Hall–Kier alpha value is -1.40.